The zero-order chi connectivity index (χ0) is 14.0. The van der Waals surface area contributed by atoms with Gasteiger partial charge in [0.15, 0.2) is 0 Å². The molecule has 0 radical (unpaired) electrons. The predicted molar refractivity (Wildman–Crippen MR) is 90.7 cm³/mol. The quantitative estimate of drug-likeness (QED) is 0.803. The molecule has 2 aliphatic carbocycles. The normalized spacial score (nSPS) is 19.3. The van der Waals surface area contributed by atoms with E-state index in [1.54, 1.807) is 0 Å². The fourth-order valence-electron chi connectivity index (χ4n) is 2.83. The molecule has 2 N–H and O–H groups in total. The average molecular weight is 374 g/mol. The summed E-state index contributed by atoms with van der Waals surface area (Å²) in [5, 5.41) is 6.50. The molecule has 2 fully saturated rings. The lowest BCUT2D eigenvalue weighted by Gasteiger charge is -2.43. The largest absolute Gasteiger partial charge is 0.345 e. The molecular formula is C16H22BrClN2O. The number of halogens is 2. The van der Waals surface area contributed by atoms with E-state index in [4.69, 9.17) is 0 Å². The second kappa shape index (κ2) is 7.12. The molecule has 1 amide bonds. The van der Waals surface area contributed by atoms with Crippen LogP contribution in [0.5, 0.6) is 0 Å². The molecule has 116 valence electrons. The van der Waals surface area contributed by atoms with Gasteiger partial charge in [-0.15, -0.1) is 12.4 Å². The minimum Gasteiger partial charge on any atom is -0.345 e. The van der Waals surface area contributed by atoms with Gasteiger partial charge in [0.25, 0.3) is 0 Å². The Balaban J connectivity index is 0.00000161. The van der Waals surface area contributed by atoms with Crippen LogP contribution in [0.3, 0.4) is 0 Å². The van der Waals surface area contributed by atoms with E-state index in [2.05, 4.69) is 38.7 Å². The Hall–Kier alpha value is -0.580. The highest BCUT2D eigenvalue weighted by Gasteiger charge is 2.39. The zero-order valence-electron chi connectivity index (χ0n) is 12.0. The van der Waals surface area contributed by atoms with Crippen molar-refractivity contribution in [3.63, 3.8) is 0 Å². The van der Waals surface area contributed by atoms with Crippen LogP contribution in [0.1, 0.15) is 37.7 Å². The summed E-state index contributed by atoms with van der Waals surface area (Å²) in [6.07, 6.45) is 5.89. The van der Waals surface area contributed by atoms with Gasteiger partial charge < -0.3 is 10.6 Å². The van der Waals surface area contributed by atoms with Gasteiger partial charge in [-0.1, -0.05) is 28.1 Å². The number of hydrogen-bond donors (Lipinski definition) is 2. The van der Waals surface area contributed by atoms with Gasteiger partial charge >= 0.3 is 0 Å². The van der Waals surface area contributed by atoms with Crippen molar-refractivity contribution in [3.8, 4) is 0 Å². The van der Waals surface area contributed by atoms with Crippen molar-refractivity contribution < 1.29 is 4.79 Å². The maximum atomic E-state index is 12.1. The second-order valence-electron chi connectivity index (χ2n) is 6.07. The Morgan fingerprint density at radius 1 is 1.33 bits per heavy atom. The van der Waals surface area contributed by atoms with Crippen molar-refractivity contribution in [1.82, 2.24) is 10.6 Å². The monoisotopic (exact) mass is 372 g/mol. The minimum atomic E-state index is -0.137. The van der Waals surface area contributed by atoms with E-state index >= 15 is 0 Å². The maximum Gasteiger partial charge on any atom is 0.234 e. The Labute approximate surface area is 140 Å². The molecule has 0 spiro atoms. The van der Waals surface area contributed by atoms with Crippen LogP contribution in [-0.2, 0) is 10.3 Å². The highest BCUT2D eigenvalue weighted by molar-refractivity contribution is 9.10. The maximum absolute atomic E-state index is 12.1. The molecule has 0 bridgehead atoms. The molecule has 1 aromatic rings. The third-order valence-electron chi connectivity index (χ3n) is 4.38. The van der Waals surface area contributed by atoms with Gasteiger partial charge in [0.05, 0.1) is 12.1 Å². The molecule has 0 saturated heterocycles. The molecule has 1 aromatic carbocycles. The van der Waals surface area contributed by atoms with Crippen LogP contribution in [0, 0.1) is 5.92 Å². The van der Waals surface area contributed by atoms with E-state index in [9.17, 15) is 4.79 Å². The van der Waals surface area contributed by atoms with Crippen LogP contribution in [0.15, 0.2) is 28.7 Å². The molecule has 2 saturated carbocycles. The van der Waals surface area contributed by atoms with Gasteiger partial charge in [-0.05, 0) is 62.3 Å². The number of carbonyl (C=O) groups excluding carboxylic acids is 1. The minimum absolute atomic E-state index is 0. The van der Waals surface area contributed by atoms with E-state index in [1.165, 1.54) is 24.8 Å². The van der Waals surface area contributed by atoms with Crippen molar-refractivity contribution in [3.05, 3.63) is 34.3 Å². The highest BCUT2D eigenvalue weighted by Crippen LogP contribution is 2.41. The van der Waals surface area contributed by atoms with Gasteiger partial charge in [0, 0.05) is 4.47 Å². The zero-order valence-corrected chi connectivity index (χ0v) is 14.4. The van der Waals surface area contributed by atoms with Crippen molar-refractivity contribution in [2.45, 2.75) is 37.6 Å². The molecule has 0 aromatic heterocycles. The van der Waals surface area contributed by atoms with Crippen LogP contribution < -0.4 is 10.6 Å². The summed E-state index contributed by atoms with van der Waals surface area (Å²) >= 11 is 3.51. The van der Waals surface area contributed by atoms with E-state index in [1.807, 2.05) is 12.1 Å². The Bertz CT molecular complexity index is 501. The predicted octanol–water partition coefficient (Wildman–Crippen LogP) is 3.37. The van der Waals surface area contributed by atoms with E-state index in [0.29, 0.717) is 6.54 Å². The van der Waals surface area contributed by atoms with E-state index in [-0.39, 0.29) is 23.9 Å². The van der Waals surface area contributed by atoms with E-state index < -0.39 is 0 Å². The molecule has 0 heterocycles. The SMILES string of the molecule is Cl.O=C(CNCC1CC1)NC1(c2cccc(Br)c2)CCC1. The molecular weight excluding hydrogens is 352 g/mol. The third kappa shape index (κ3) is 4.21. The van der Waals surface area contributed by atoms with Gasteiger partial charge in [-0.3, -0.25) is 4.79 Å². The summed E-state index contributed by atoms with van der Waals surface area (Å²) in [4.78, 5) is 12.1. The Morgan fingerprint density at radius 3 is 2.67 bits per heavy atom. The van der Waals surface area contributed by atoms with Crippen molar-refractivity contribution in [2.24, 2.45) is 5.92 Å². The number of hydrogen-bond acceptors (Lipinski definition) is 2. The summed E-state index contributed by atoms with van der Waals surface area (Å²) < 4.78 is 1.07. The van der Waals surface area contributed by atoms with Crippen LogP contribution in [0.2, 0.25) is 0 Å². The Kier molecular flexibility index (Phi) is 5.69. The molecule has 0 atom stereocenters. The number of benzene rings is 1. The topological polar surface area (TPSA) is 41.1 Å². The fourth-order valence-corrected chi connectivity index (χ4v) is 3.22. The lowest BCUT2D eigenvalue weighted by molar-refractivity contribution is -0.123. The first-order chi connectivity index (χ1) is 9.68. The summed E-state index contributed by atoms with van der Waals surface area (Å²) in [7, 11) is 0. The summed E-state index contributed by atoms with van der Waals surface area (Å²) in [5.74, 6) is 0.927. The van der Waals surface area contributed by atoms with Crippen molar-refractivity contribution in [1.29, 1.82) is 0 Å². The molecule has 0 aliphatic heterocycles. The summed E-state index contributed by atoms with van der Waals surface area (Å²) in [5.41, 5.74) is 1.08. The first-order valence-corrected chi connectivity index (χ1v) is 8.25. The number of rotatable bonds is 6. The van der Waals surface area contributed by atoms with Crippen LogP contribution in [-0.4, -0.2) is 19.0 Å². The lowest BCUT2D eigenvalue weighted by atomic mass is 9.72. The van der Waals surface area contributed by atoms with Gasteiger partial charge in [-0.25, -0.2) is 0 Å². The summed E-state index contributed by atoms with van der Waals surface area (Å²) in [6.45, 7) is 1.42. The van der Waals surface area contributed by atoms with E-state index in [0.717, 1.165) is 29.8 Å². The molecule has 21 heavy (non-hydrogen) atoms. The van der Waals surface area contributed by atoms with Crippen molar-refractivity contribution in [2.75, 3.05) is 13.1 Å². The van der Waals surface area contributed by atoms with Crippen LogP contribution >= 0.6 is 28.3 Å². The molecule has 3 rings (SSSR count). The number of nitrogens with one attached hydrogen (secondary N) is 2. The third-order valence-corrected chi connectivity index (χ3v) is 4.87. The van der Waals surface area contributed by atoms with Crippen LogP contribution in [0.4, 0.5) is 0 Å². The standard InChI is InChI=1S/C16H21BrN2O.ClH/c17-14-4-1-3-13(9-14)16(7-2-8-16)19-15(20)11-18-10-12-5-6-12;/h1,3-4,9,12,18H,2,5-8,10-11H2,(H,19,20);1H. The van der Waals surface area contributed by atoms with Gasteiger partial charge in [0.2, 0.25) is 5.91 Å². The highest BCUT2D eigenvalue weighted by atomic mass is 79.9. The molecule has 2 aliphatic rings. The van der Waals surface area contributed by atoms with Gasteiger partial charge in [0.1, 0.15) is 0 Å². The number of carbonyl (C=O) groups is 1. The fraction of sp³-hybridized carbons (Fsp3) is 0.562. The lowest BCUT2D eigenvalue weighted by Crippen LogP contribution is -2.53. The van der Waals surface area contributed by atoms with Crippen molar-refractivity contribution >= 4 is 34.2 Å². The molecule has 0 unspecified atom stereocenters. The first-order valence-electron chi connectivity index (χ1n) is 7.46. The van der Waals surface area contributed by atoms with Crippen LogP contribution in [0.25, 0.3) is 0 Å². The molecule has 3 nitrogen and oxygen atoms in total. The first kappa shape index (κ1) is 16.8. The number of amides is 1. The molecule has 5 heteroatoms. The Morgan fingerprint density at radius 2 is 2.10 bits per heavy atom. The average Bonchev–Trinajstić information content (AvgIpc) is 3.18. The summed E-state index contributed by atoms with van der Waals surface area (Å²) in [6, 6.07) is 8.30. The second-order valence-corrected chi connectivity index (χ2v) is 6.98. The smallest absolute Gasteiger partial charge is 0.234 e. The van der Waals surface area contributed by atoms with Gasteiger partial charge in [-0.2, -0.15) is 0 Å².